The molecule has 0 radical (unpaired) electrons. The van der Waals surface area contributed by atoms with Crippen LogP contribution in [-0.4, -0.2) is 34.1 Å². The summed E-state index contributed by atoms with van der Waals surface area (Å²) < 4.78 is 5.85. The molecule has 3 rings (SSSR count). The molecule has 4 nitrogen and oxygen atoms in total. The number of aliphatic hydroxyl groups is 1. The van der Waals surface area contributed by atoms with Crippen LogP contribution in [0.5, 0.6) is 11.5 Å². The Kier molecular flexibility index (Phi) is 5.94. The van der Waals surface area contributed by atoms with Crippen LogP contribution in [0.15, 0.2) is 58.3 Å². The second kappa shape index (κ2) is 8.16. The van der Waals surface area contributed by atoms with Gasteiger partial charge in [-0.25, -0.2) is 0 Å². The van der Waals surface area contributed by atoms with Crippen molar-refractivity contribution >= 4 is 23.5 Å². The molecule has 0 amide bonds. The van der Waals surface area contributed by atoms with E-state index in [1.54, 1.807) is 23.9 Å². The molecule has 0 aromatic heterocycles. The number of rotatable bonds is 5. The normalized spacial score (nSPS) is 21.4. The van der Waals surface area contributed by atoms with E-state index < -0.39 is 12.3 Å². The van der Waals surface area contributed by atoms with Crippen LogP contribution in [-0.2, 0) is 0 Å². The lowest BCUT2D eigenvalue weighted by atomic mass is 10.0. The molecule has 1 aliphatic heterocycles. The van der Waals surface area contributed by atoms with E-state index in [1.165, 1.54) is 11.8 Å². The number of aliphatic hydroxyl groups excluding tert-OH is 1. The SMILES string of the molecule is NC1Oc2ccccc2SC[C@@H]1C[C@@H](O)CSc1ccccc1O. The highest BCUT2D eigenvalue weighted by atomic mass is 32.2. The third-order valence-corrected chi connectivity index (χ3v) is 6.35. The number of para-hydroxylation sites is 2. The fourth-order valence-corrected chi connectivity index (χ4v) is 4.64. The van der Waals surface area contributed by atoms with Crippen LogP contribution < -0.4 is 10.5 Å². The molecule has 128 valence electrons. The van der Waals surface area contributed by atoms with Crippen molar-refractivity contribution in [3.8, 4) is 11.5 Å². The van der Waals surface area contributed by atoms with Crippen molar-refractivity contribution in [2.45, 2.75) is 28.5 Å². The molecule has 2 aromatic carbocycles. The quantitative estimate of drug-likeness (QED) is 0.708. The van der Waals surface area contributed by atoms with Gasteiger partial charge in [0.2, 0.25) is 0 Å². The maximum Gasteiger partial charge on any atom is 0.151 e. The number of hydrogen-bond acceptors (Lipinski definition) is 6. The van der Waals surface area contributed by atoms with Crippen LogP contribution in [0.1, 0.15) is 6.42 Å². The summed E-state index contributed by atoms with van der Waals surface area (Å²) in [6.45, 7) is 0. The summed E-state index contributed by atoms with van der Waals surface area (Å²) >= 11 is 3.17. The molecule has 2 aromatic rings. The van der Waals surface area contributed by atoms with Gasteiger partial charge < -0.3 is 14.9 Å². The fourth-order valence-electron chi connectivity index (χ4n) is 2.59. The van der Waals surface area contributed by atoms with Gasteiger partial charge in [-0.3, -0.25) is 5.73 Å². The van der Waals surface area contributed by atoms with Gasteiger partial charge in [0, 0.05) is 27.2 Å². The van der Waals surface area contributed by atoms with Gasteiger partial charge in [-0.2, -0.15) is 0 Å². The standard InChI is InChI=1S/C18H21NO3S2/c19-18-12(10-23-17-8-4-2-6-15(17)22-18)9-13(20)11-24-16-7-3-1-5-14(16)21/h1-8,12-13,18,20-21H,9-11,19H2/t12-,13+,18?/m0/s1. The first-order chi connectivity index (χ1) is 11.6. The number of ether oxygens (including phenoxy) is 1. The van der Waals surface area contributed by atoms with Gasteiger partial charge in [0.05, 0.1) is 6.10 Å². The van der Waals surface area contributed by atoms with E-state index in [4.69, 9.17) is 10.5 Å². The van der Waals surface area contributed by atoms with Gasteiger partial charge >= 0.3 is 0 Å². The molecule has 4 N–H and O–H groups in total. The van der Waals surface area contributed by atoms with Gasteiger partial charge in [0.15, 0.2) is 6.23 Å². The minimum atomic E-state index is -0.504. The molecule has 0 spiro atoms. The molecule has 0 bridgehead atoms. The Morgan fingerprint density at radius 1 is 1.21 bits per heavy atom. The molecule has 1 unspecified atom stereocenters. The average Bonchev–Trinajstić information content (AvgIpc) is 2.73. The Morgan fingerprint density at radius 2 is 1.96 bits per heavy atom. The molecule has 6 heteroatoms. The Labute approximate surface area is 150 Å². The monoisotopic (exact) mass is 363 g/mol. The number of phenolic OH excluding ortho intramolecular Hbond substituents is 1. The van der Waals surface area contributed by atoms with E-state index >= 15 is 0 Å². The van der Waals surface area contributed by atoms with Gasteiger partial charge in [0.25, 0.3) is 0 Å². The topological polar surface area (TPSA) is 75.7 Å². The average molecular weight is 364 g/mol. The Balaban J connectivity index is 1.55. The van der Waals surface area contributed by atoms with Crippen LogP contribution in [0.2, 0.25) is 0 Å². The number of thioether (sulfide) groups is 2. The zero-order valence-corrected chi connectivity index (χ0v) is 14.8. The van der Waals surface area contributed by atoms with Gasteiger partial charge in [-0.1, -0.05) is 24.3 Å². The van der Waals surface area contributed by atoms with Crippen molar-refractivity contribution in [2.24, 2.45) is 11.7 Å². The molecule has 3 atom stereocenters. The van der Waals surface area contributed by atoms with Gasteiger partial charge in [-0.15, -0.1) is 23.5 Å². The fraction of sp³-hybridized carbons (Fsp3) is 0.333. The highest BCUT2D eigenvalue weighted by Gasteiger charge is 2.27. The molecule has 1 heterocycles. The first-order valence-corrected chi connectivity index (χ1v) is 9.83. The predicted molar refractivity (Wildman–Crippen MR) is 98.7 cm³/mol. The van der Waals surface area contributed by atoms with Crippen molar-refractivity contribution in [3.63, 3.8) is 0 Å². The van der Waals surface area contributed by atoms with E-state index in [2.05, 4.69) is 0 Å². The van der Waals surface area contributed by atoms with Crippen molar-refractivity contribution in [2.75, 3.05) is 11.5 Å². The summed E-state index contributed by atoms with van der Waals surface area (Å²) in [5, 5.41) is 20.1. The van der Waals surface area contributed by atoms with Crippen LogP contribution in [0.25, 0.3) is 0 Å². The third kappa shape index (κ3) is 4.39. The number of fused-ring (bicyclic) bond motifs is 1. The maximum absolute atomic E-state index is 10.4. The van der Waals surface area contributed by atoms with Crippen LogP contribution in [0.4, 0.5) is 0 Å². The molecule has 0 fully saturated rings. The molecule has 0 saturated carbocycles. The molecule has 0 saturated heterocycles. The largest absolute Gasteiger partial charge is 0.507 e. The third-order valence-electron chi connectivity index (χ3n) is 3.90. The zero-order valence-electron chi connectivity index (χ0n) is 13.2. The molecular formula is C18H21NO3S2. The molecular weight excluding hydrogens is 342 g/mol. The Hall–Kier alpha value is -1.34. The minimum Gasteiger partial charge on any atom is -0.507 e. The number of hydrogen-bond donors (Lipinski definition) is 3. The second-order valence-electron chi connectivity index (χ2n) is 5.77. The first kappa shape index (κ1) is 17.5. The highest BCUT2D eigenvalue weighted by molar-refractivity contribution is 7.99. The maximum atomic E-state index is 10.4. The van der Waals surface area contributed by atoms with E-state index in [9.17, 15) is 10.2 Å². The van der Waals surface area contributed by atoms with E-state index in [0.717, 1.165) is 21.3 Å². The van der Waals surface area contributed by atoms with E-state index in [0.29, 0.717) is 12.2 Å². The van der Waals surface area contributed by atoms with E-state index in [1.807, 2.05) is 36.4 Å². The van der Waals surface area contributed by atoms with Crippen molar-refractivity contribution in [1.82, 2.24) is 0 Å². The van der Waals surface area contributed by atoms with Crippen molar-refractivity contribution in [3.05, 3.63) is 48.5 Å². The summed E-state index contributed by atoms with van der Waals surface area (Å²) in [6, 6.07) is 15.0. The number of phenols is 1. The Bertz CT molecular complexity index is 683. The number of benzene rings is 2. The molecule has 24 heavy (non-hydrogen) atoms. The lowest BCUT2D eigenvalue weighted by molar-refractivity contribution is 0.100. The minimum absolute atomic E-state index is 0.0716. The van der Waals surface area contributed by atoms with Crippen LogP contribution in [0.3, 0.4) is 0 Å². The number of nitrogens with two attached hydrogens (primary N) is 1. The summed E-state index contributed by atoms with van der Waals surface area (Å²) in [5.41, 5.74) is 6.18. The highest BCUT2D eigenvalue weighted by Crippen LogP contribution is 2.36. The van der Waals surface area contributed by atoms with Gasteiger partial charge in [0.1, 0.15) is 11.5 Å². The van der Waals surface area contributed by atoms with Crippen molar-refractivity contribution < 1.29 is 14.9 Å². The van der Waals surface area contributed by atoms with Crippen molar-refractivity contribution in [1.29, 1.82) is 0 Å². The smallest absolute Gasteiger partial charge is 0.151 e. The Morgan fingerprint density at radius 3 is 2.79 bits per heavy atom. The van der Waals surface area contributed by atoms with E-state index in [-0.39, 0.29) is 11.7 Å². The summed E-state index contributed by atoms with van der Waals surface area (Å²) in [6.07, 6.45) is -0.357. The summed E-state index contributed by atoms with van der Waals surface area (Å²) in [5.74, 6) is 2.46. The second-order valence-corrected chi connectivity index (χ2v) is 7.89. The lowest BCUT2D eigenvalue weighted by Crippen LogP contribution is -2.38. The van der Waals surface area contributed by atoms with Crippen LogP contribution >= 0.6 is 23.5 Å². The predicted octanol–water partition coefficient (Wildman–Crippen LogP) is 3.32. The first-order valence-electron chi connectivity index (χ1n) is 7.86. The van der Waals surface area contributed by atoms with Gasteiger partial charge in [-0.05, 0) is 30.7 Å². The van der Waals surface area contributed by atoms with Crippen LogP contribution in [0, 0.1) is 5.92 Å². The number of aromatic hydroxyl groups is 1. The lowest BCUT2D eigenvalue weighted by Gasteiger charge is -2.23. The summed E-state index contributed by atoms with van der Waals surface area (Å²) in [7, 11) is 0. The summed E-state index contributed by atoms with van der Waals surface area (Å²) in [4.78, 5) is 1.87. The zero-order chi connectivity index (χ0) is 16.9. The molecule has 1 aliphatic rings. The molecule has 0 aliphatic carbocycles.